The smallest absolute Gasteiger partial charge is 0.0198 e. The Kier molecular flexibility index (Phi) is 5.25. The van der Waals surface area contributed by atoms with E-state index < -0.39 is 0 Å². The monoisotopic (exact) mass is 250 g/mol. The van der Waals surface area contributed by atoms with Crippen LogP contribution in [-0.4, -0.2) is 36.6 Å². The van der Waals surface area contributed by atoms with Gasteiger partial charge in [0, 0.05) is 31.7 Å². The third-order valence-electron chi connectivity index (χ3n) is 4.41. The zero-order chi connectivity index (χ0) is 13.0. The summed E-state index contributed by atoms with van der Waals surface area (Å²) >= 11 is 0. The van der Waals surface area contributed by atoms with Crippen LogP contribution in [0.5, 0.6) is 0 Å². The number of allylic oxidation sites excluding steroid dienone is 2. The van der Waals surface area contributed by atoms with Crippen LogP contribution in [0.15, 0.2) is 12.2 Å². The molecule has 0 spiro atoms. The largest absolute Gasteiger partial charge is 0.311 e. The van der Waals surface area contributed by atoms with E-state index in [2.05, 4.69) is 43.1 Å². The highest BCUT2D eigenvalue weighted by atomic mass is 15.2. The van der Waals surface area contributed by atoms with Crippen molar-refractivity contribution >= 4 is 0 Å². The van der Waals surface area contributed by atoms with E-state index in [1.54, 1.807) is 0 Å². The molecule has 18 heavy (non-hydrogen) atoms. The number of hydrogen-bond donors (Lipinski definition) is 1. The first-order chi connectivity index (χ1) is 8.65. The summed E-state index contributed by atoms with van der Waals surface area (Å²) in [5.41, 5.74) is 0. The fourth-order valence-electron chi connectivity index (χ4n) is 3.33. The maximum atomic E-state index is 3.71. The third kappa shape index (κ3) is 4.10. The average molecular weight is 250 g/mol. The van der Waals surface area contributed by atoms with E-state index in [9.17, 15) is 0 Å². The summed E-state index contributed by atoms with van der Waals surface area (Å²) in [6, 6.07) is 1.42. The number of piperazine rings is 1. The molecular weight excluding hydrogens is 220 g/mol. The van der Waals surface area contributed by atoms with Crippen LogP contribution in [0.25, 0.3) is 0 Å². The van der Waals surface area contributed by atoms with Gasteiger partial charge >= 0.3 is 0 Å². The first kappa shape index (κ1) is 14.1. The van der Waals surface area contributed by atoms with E-state index in [1.165, 1.54) is 45.3 Å². The molecule has 1 aliphatic carbocycles. The van der Waals surface area contributed by atoms with Crippen LogP contribution < -0.4 is 5.32 Å². The molecule has 104 valence electrons. The summed E-state index contributed by atoms with van der Waals surface area (Å²) in [6.07, 6.45) is 10.0. The predicted molar refractivity (Wildman–Crippen MR) is 78.8 cm³/mol. The summed E-state index contributed by atoms with van der Waals surface area (Å²) in [4.78, 5) is 2.73. The van der Waals surface area contributed by atoms with Gasteiger partial charge in [0.15, 0.2) is 0 Å². The van der Waals surface area contributed by atoms with Gasteiger partial charge in [-0.05, 0) is 44.4 Å². The summed E-state index contributed by atoms with van der Waals surface area (Å²) < 4.78 is 0. The molecule has 0 amide bonds. The molecule has 0 aromatic rings. The molecule has 1 fully saturated rings. The lowest BCUT2D eigenvalue weighted by Crippen LogP contribution is -2.56. The Balaban J connectivity index is 1.83. The number of nitrogens with zero attached hydrogens (tertiary/aromatic N) is 1. The van der Waals surface area contributed by atoms with E-state index in [-0.39, 0.29) is 0 Å². The Morgan fingerprint density at radius 2 is 2.17 bits per heavy atom. The van der Waals surface area contributed by atoms with Crippen LogP contribution in [-0.2, 0) is 0 Å². The van der Waals surface area contributed by atoms with Gasteiger partial charge in [-0.1, -0.05) is 26.0 Å². The van der Waals surface area contributed by atoms with Crippen LogP contribution in [0.1, 0.15) is 46.5 Å². The first-order valence-corrected chi connectivity index (χ1v) is 7.77. The second kappa shape index (κ2) is 6.72. The van der Waals surface area contributed by atoms with Crippen molar-refractivity contribution in [1.82, 2.24) is 10.2 Å². The van der Waals surface area contributed by atoms with Crippen LogP contribution >= 0.6 is 0 Å². The van der Waals surface area contributed by atoms with Gasteiger partial charge in [0.05, 0.1) is 0 Å². The average Bonchev–Trinajstić information content (AvgIpc) is 2.34. The van der Waals surface area contributed by atoms with Gasteiger partial charge in [-0.25, -0.2) is 0 Å². The van der Waals surface area contributed by atoms with E-state index in [0.717, 1.165) is 11.8 Å². The molecule has 0 bridgehead atoms. The standard InChI is InChI=1S/C16H30N2/c1-13(2)9-16-12-18(14(3)10-17-16)11-15-7-5-4-6-8-15/h4-5,13-17H,6-12H2,1-3H3. The van der Waals surface area contributed by atoms with Crippen LogP contribution in [0, 0.1) is 11.8 Å². The summed E-state index contributed by atoms with van der Waals surface area (Å²) in [5, 5.41) is 3.71. The van der Waals surface area contributed by atoms with Gasteiger partial charge in [-0.15, -0.1) is 0 Å². The van der Waals surface area contributed by atoms with Crippen LogP contribution in [0.4, 0.5) is 0 Å². The lowest BCUT2D eigenvalue weighted by molar-refractivity contribution is 0.110. The van der Waals surface area contributed by atoms with Gasteiger partial charge in [0.2, 0.25) is 0 Å². The second-order valence-corrected chi connectivity index (χ2v) is 6.69. The Hall–Kier alpha value is -0.340. The van der Waals surface area contributed by atoms with Crippen LogP contribution in [0.2, 0.25) is 0 Å². The molecule has 0 aromatic heterocycles. The van der Waals surface area contributed by atoms with Gasteiger partial charge in [0.25, 0.3) is 0 Å². The maximum absolute atomic E-state index is 3.71. The maximum Gasteiger partial charge on any atom is 0.0198 e. The lowest BCUT2D eigenvalue weighted by atomic mass is 9.92. The highest BCUT2D eigenvalue weighted by Crippen LogP contribution is 2.22. The van der Waals surface area contributed by atoms with E-state index in [4.69, 9.17) is 0 Å². The Labute approximate surface area is 113 Å². The number of hydrogen-bond acceptors (Lipinski definition) is 2. The Bertz CT molecular complexity index is 272. The molecule has 1 heterocycles. The van der Waals surface area contributed by atoms with Crippen molar-refractivity contribution in [2.75, 3.05) is 19.6 Å². The molecule has 1 N–H and O–H groups in total. The fourth-order valence-corrected chi connectivity index (χ4v) is 3.33. The molecule has 2 heteroatoms. The molecule has 1 aliphatic heterocycles. The van der Waals surface area contributed by atoms with Gasteiger partial charge in [0.1, 0.15) is 0 Å². The van der Waals surface area contributed by atoms with E-state index in [1.807, 2.05) is 0 Å². The highest BCUT2D eigenvalue weighted by Gasteiger charge is 2.27. The molecule has 3 atom stereocenters. The summed E-state index contributed by atoms with van der Waals surface area (Å²) in [7, 11) is 0. The zero-order valence-corrected chi connectivity index (χ0v) is 12.4. The normalized spacial score (nSPS) is 34.1. The molecule has 2 nitrogen and oxygen atoms in total. The Morgan fingerprint density at radius 1 is 1.33 bits per heavy atom. The van der Waals surface area contributed by atoms with Crippen molar-refractivity contribution < 1.29 is 0 Å². The fraction of sp³-hybridized carbons (Fsp3) is 0.875. The van der Waals surface area contributed by atoms with Crippen molar-refractivity contribution in [2.24, 2.45) is 11.8 Å². The topological polar surface area (TPSA) is 15.3 Å². The molecule has 2 rings (SSSR count). The molecule has 0 aromatic carbocycles. The van der Waals surface area contributed by atoms with E-state index in [0.29, 0.717) is 12.1 Å². The highest BCUT2D eigenvalue weighted by molar-refractivity contribution is 4.93. The minimum absolute atomic E-state index is 0.708. The Morgan fingerprint density at radius 3 is 2.83 bits per heavy atom. The van der Waals surface area contributed by atoms with Crippen molar-refractivity contribution in [2.45, 2.75) is 58.5 Å². The van der Waals surface area contributed by atoms with Crippen molar-refractivity contribution in [1.29, 1.82) is 0 Å². The number of nitrogens with one attached hydrogen (secondary N) is 1. The zero-order valence-electron chi connectivity index (χ0n) is 12.4. The van der Waals surface area contributed by atoms with Crippen molar-refractivity contribution in [3.63, 3.8) is 0 Å². The summed E-state index contributed by atoms with van der Waals surface area (Å²) in [6.45, 7) is 10.8. The predicted octanol–water partition coefficient (Wildman–Crippen LogP) is 3.05. The lowest BCUT2D eigenvalue weighted by Gasteiger charge is -2.41. The van der Waals surface area contributed by atoms with Crippen LogP contribution in [0.3, 0.4) is 0 Å². The third-order valence-corrected chi connectivity index (χ3v) is 4.41. The van der Waals surface area contributed by atoms with Gasteiger partial charge in [-0.2, -0.15) is 0 Å². The van der Waals surface area contributed by atoms with Gasteiger partial charge in [-0.3, -0.25) is 4.90 Å². The van der Waals surface area contributed by atoms with Crippen molar-refractivity contribution in [3.05, 3.63) is 12.2 Å². The minimum atomic E-state index is 0.708. The molecule has 3 unspecified atom stereocenters. The first-order valence-electron chi connectivity index (χ1n) is 7.77. The second-order valence-electron chi connectivity index (χ2n) is 6.69. The number of rotatable bonds is 4. The molecule has 2 aliphatic rings. The molecular formula is C16H30N2. The summed E-state index contributed by atoms with van der Waals surface area (Å²) in [5.74, 6) is 1.70. The molecule has 0 saturated carbocycles. The molecule has 0 radical (unpaired) electrons. The van der Waals surface area contributed by atoms with E-state index >= 15 is 0 Å². The van der Waals surface area contributed by atoms with Crippen molar-refractivity contribution in [3.8, 4) is 0 Å². The molecule has 1 saturated heterocycles. The van der Waals surface area contributed by atoms with Gasteiger partial charge < -0.3 is 5.32 Å². The quantitative estimate of drug-likeness (QED) is 0.772. The SMILES string of the molecule is CC(C)CC1CN(CC2CC=CCC2)C(C)CN1. The minimum Gasteiger partial charge on any atom is -0.311 e.